The highest BCUT2D eigenvalue weighted by Gasteiger charge is 2.12. The molecule has 0 aromatic heterocycles. The molecule has 3 heteroatoms. The van der Waals surface area contributed by atoms with Gasteiger partial charge < -0.3 is 10.6 Å². The zero-order valence-corrected chi connectivity index (χ0v) is 11.3. The Balaban J connectivity index is 2.03. The Hall–Kier alpha value is -2.73. The lowest BCUT2D eigenvalue weighted by Crippen LogP contribution is -2.27. The van der Waals surface area contributed by atoms with Gasteiger partial charge in [0.25, 0.3) is 5.91 Å². The van der Waals surface area contributed by atoms with Crippen molar-refractivity contribution in [1.82, 2.24) is 4.90 Å². The highest BCUT2D eigenvalue weighted by atomic mass is 16.2. The van der Waals surface area contributed by atoms with E-state index in [9.17, 15) is 4.79 Å². The summed E-state index contributed by atoms with van der Waals surface area (Å²) in [7, 11) is 1.72. The minimum absolute atomic E-state index is 0.120. The largest absolute Gasteiger partial charge is 0.398 e. The summed E-state index contributed by atoms with van der Waals surface area (Å²) in [4.78, 5) is 13.7. The van der Waals surface area contributed by atoms with Crippen molar-refractivity contribution >= 4 is 11.6 Å². The zero-order chi connectivity index (χ0) is 14.4. The van der Waals surface area contributed by atoms with Crippen LogP contribution in [0.5, 0.6) is 0 Å². The van der Waals surface area contributed by atoms with Crippen LogP contribution < -0.4 is 5.73 Å². The van der Waals surface area contributed by atoms with Crippen LogP contribution in [-0.2, 0) is 0 Å². The number of nitrogen functional groups attached to an aromatic ring is 1. The number of carbonyl (C=O) groups excluding carboxylic acids is 1. The molecule has 0 radical (unpaired) electrons. The molecule has 0 unspecified atom stereocenters. The summed E-state index contributed by atoms with van der Waals surface area (Å²) in [5.41, 5.74) is 7.73. The molecule has 3 nitrogen and oxygen atoms in total. The first kappa shape index (κ1) is 13.7. The Morgan fingerprint density at radius 2 is 1.75 bits per heavy atom. The van der Waals surface area contributed by atoms with Gasteiger partial charge in [0.15, 0.2) is 0 Å². The molecule has 2 N–H and O–H groups in total. The van der Waals surface area contributed by atoms with E-state index in [2.05, 4.69) is 11.8 Å². The smallest absolute Gasteiger partial charge is 0.256 e. The van der Waals surface area contributed by atoms with E-state index in [-0.39, 0.29) is 5.91 Å². The SMILES string of the molecule is CN(CC#Cc1ccccc1)C(=O)c1ccccc1N. The van der Waals surface area contributed by atoms with Crippen molar-refractivity contribution in [2.75, 3.05) is 19.3 Å². The maximum atomic E-state index is 12.2. The van der Waals surface area contributed by atoms with E-state index in [0.717, 1.165) is 5.56 Å². The molecule has 0 bridgehead atoms. The Bertz CT molecular complexity index is 653. The van der Waals surface area contributed by atoms with Crippen molar-refractivity contribution in [3.8, 4) is 11.8 Å². The number of amides is 1. The van der Waals surface area contributed by atoms with Gasteiger partial charge in [-0.25, -0.2) is 0 Å². The molecule has 0 heterocycles. The molecule has 2 aromatic rings. The lowest BCUT2D eigenvalue weighted by Gasteiger charge is -2.14. The van der Waals surface area contributed by atoms with Crippen molar-refractivity contribution in [2.24, 2.45) is 0 Å². The Morgan fingerprint density at radius 3 is 2.45 bits per heavy atom. The third-order valence-corrected chi connectivity index (χ3v) is 2.86. The van der Waals surface area contributed by atoms with E-state index in [1.54, 1.807) is 36.2 Å². The average molecular weight is 264 g/mol. The molecular formula is C17H16N2O. The molecule has 0 aliphatic rings. The van der Waals surface area contributed by atoms with Gasteiger partial charge in [0, 0.05) is 18.3 Å². The highest BCUT2D eigenvalue weighted by molar-refractivity contribution is 5.99. The van der Waals surface area contributed by atoms with Crippen LogP contribution in [0.1, 0.15) is 15.9 Å². The van der Waals surface area contributed by atoms with E-state index in [1.165, 1.54) is 0 Å². The number of benzene rings is 2. The molecule has 0 saturated heterocycles. The Labute approximate surface area is 119 Å². The number of hydrogen-bond donors (Lipinski definition) is 1. The van der Waals surface area contributed by atoms with Gasteiger partial charge in [0.1, 0.15) is 0 Å². The first-order valence-corrected chi connectivity index (χ1v) is 6.32. The van der Waals surface area contributed by atoms with Gasteiger partial charge >= 0.3 is 0 Å². The fourth-order valence-corrected chi connectivity index (χ4v) is 1.75. The second kappa shape index (κ2) is 6.44. The number of carbonyl (C=O) groups is 1. The first-order chi connectivity index (χ1) is 9.68. The number of nitrogens with two attached hydrogens (primary N) is 1. The Morgan fingerprint density at radius 1 is 1.10 bits per heavy atom. The van der Waals surface area contributed by atoms with Crippen LogP contribution in [-0.4, -0.2) is 24.4 Å². The summed E-state index contributed by atoms with van der Waals surface area (Å²) >= 11 is 0. The van der Waals surface area contributed by atoms with E-state index in [4.69, 9.17) is 5.73 Å². The maximum Gasteiger partial charge on any atom is 0.256 e. The molecule has 2 rings (SSSR count). The van der Waals surface area contributed by atoms with Gasteiger partial charge in [-0.05, 0) is 24.3 Å². The van der Waals surface area contributed by atoms with Crippen LogP contribution in [0, 0.1) is 11.8 Å². The second-order valence-electron chi connectivity index (χ2n) is 4.42. The predicted octanol–water partition coefficient (Wildman–Crippen LogP) is 2.39. The molecule has 0 fully saturated rings. The number of para-hydroxylation sites is 1. The van der Waals surface area contributed by atoms with Crippen molar-refractivity contribution in [3.63, 3.8) is 0 Å². The highest BCUT2D eigenvalue weighted by Crippen LogP contribution is 2.12. The third-order valence-electron chi connectivity index (χ3n) is 2.86. The zero-order valence-electron chi connectivity index (χ0n) is 11.3. The molecule has 0 saturated carbocycles. The van der Waals surface area contributed by atoms with Gasteiger partial charge in [-0.1, -0.05) is 42.2 Å². The number of rotatable bonds is 2. The standard InChI is InChI=1S/C17H16N2O/c1-19(13-7-10-14-8-3-2-4-9-14)17(20)15-11-5-6-12-16(15)18/h2-6,8-9,11-12H,13,18H2,1H3. The average Bonchev–Trinajstić information content (AvgIpc) is 2.48. The number of anilines is 1. The van der Waals surface area contributed by atoms with Gasteiger partial charge in [0.2, 0.25) is 0 Å². The lowest BCUT2D eigenvalue weighted by molar-refractivity contribution is 0.0813. The van der Waals surface area contributed by atoms with Crippen LogP contribution in [0.15, 0.2) is 54.6 Å². The minimum Gasteiger partial charge on any atom is -0.398 e. The summed E-state index contributed by atoms with van der Waals surface area (Å²) in [6.45, 7) is 0.363. The van der Waals surface area contributed by atoms with Crippen molar-refractivity contribution < 1.29 is 4.79 Å². The van der Waals surface area contributed by atoms with Gasteiger partial charge in [-0.2, -0.15) is 0 Å². The maximum absolute atomic E-state index is 12.2. The topological polar surface area (TPSA) is 46.3 Å². The number of nitrogens with zero attached hydrogens (tertiary/aromatic N) is 1. The molecular weight excluding hydrogens is 248 g/mol. The summed E-state index contributed by atoms with van der Waals surface area (Å²) in [6, 6.07) is 16.7. The fourth-order valence-electron chi connectivity index (χ4n) is 1.75. The van der Waals surface area contributed by atoms with Crippen LogP contribution in [0.3, 0.4) is 0 Å². The Kier molecular flexibility index (Phi) is 4.41. The van der Waals surface area contributed by atoms with E-state index in [0.29, 0.717) is 17.8 Å². The molecule has 0 atom stereocenters. The van der Waals surface area contributed by atoms with Crippen LogP contribution >= 0.6 is 0 Å². The normalized spacial score (nSPS) is 9.45. The summed E-state index contributed by atoms with van der Waals surface area (Å²) in [6.07, 6.45) is 0. The predicted molar refractivity (Wildman–Crippen MR) is 81.1 cm³/mol. The van der Waals surface area contributed by atoms with Gasteiger partial charge in [-0.3, -0.25) is 4.79 Å². The van der Waals surface area contributed by atoms with Crippen LogP contribution in [0.4, 0.5) is 5.69 Å². The molecule has 0 aliphatic heterocycles. The van der Waals surface area contributed by atoms with Crippen molar-refractivity contribution in [3.05, 3.63) is 65.7 Å². The summed E-state index contributed by atoms with van der Waals surface area (Å²) in [5, 5.41) is 0. The monoisotopic (exact) mass is 264 g/mol. The first-order valence-electron chi connectivity index (χ1n) is 6.32. The minimum atomic E-state index is -0.120. The number of hydrogen-bond acceptors (Lipinski definition) is 2. The van der Waals surface area contributed by atoms with E-state index < -0.39 is 0 Å². The lowest BCUT2D eigenvalue weighted by atomic mass is 10.1. The van der Waals surface area contributed by atoms with Crippen LogP contribution in [0.25, 0.3) is 0 Å². The second-order valence-corrected chi connectivity index (χ2v) is 4.42. The molecule has 1 amide bonds. The fraction of sp³-hybridized carbons (Fsp3) is 0.118. The van der Waals surface area contributed by atoms with E-state index in [1.807, 2.05) is 30.3 Å². The quantitative estimate of drug-likeness (QED) is 0.668. The van der Waals surface area contributed by atoms with E-state index >= 15 is 0 Å². The van der Waals surface area contributed by atoms with Crippen LogP contribution in [0.2, 0.25) is 0 Å². The molecule has 20 heavy (non-hydrogen) atoms. The van der Waals surface area contributed by atoms with Gasteiger partial charge in [0.05, 0.1) is 12.1 Å². The van der Waals surface area contributed by atoms with Crippen molar-refractivity contribution in [1.29, 1.82) is 0 Å². The summed E-state index contributed by atoms with van der Waals surface area (Å²) < 4.78 is 0. The molecule has 100 valence electrons. The van der Waals surface area contributed by atoms with Gasteiger partial charge in [-0.15, -0.1) is 0 Å². The summed E-state index contributed by atoms with van der Waals surface area (Å²) in [5.74, 6) is 5.89. The van der Waals surface area contributed by atoms with Crippen molar-refractivity contribution in [2.45, 2.75) is 0 Å². The third kappa shape index (κ3) is 3.39. The molecule has 0 spiro atoms. The molecule has 0 aliphatic carbocycles. The molecule has 2 aromatic carbocycles.